The van der Waals surface area contributed by atoms with Crippen LogP contribution in [-0.4, -0.2) is 32.8 Å². The number of halogens is 1. The molecule has 0 spiro atoms. The van der Waals surface area contributed by atoms with Crippen LogP contribution in [0.5, 0.6) is 5.88 Å². The summed E-state index contributed by atoms with van der Waals surface area (Å²) in [5.41, 5.74) is 1.97. The number of rotatable bonds is 9. The van der Waals surface area contributed by atoms with Crippen LogP contribution in [0.4, 0.5) is 4.39 Å². The molecule has 1 heterocycles. The average molecular weight is 367 g/mol. The summed E-state index contributed by atoms with van der Waals surface area (Å²) in [5, 5.41) is 3.22. The molecule has 0 aliphatic heterocycles. The van der Waals surface area contributed by atoms with Crippen molar-refractivity contribution < 1.29 is 17.5 Å². The number of hydrogen-bond acceptors (Lipinski definition) is 5. The Morgan fingerprint density at radius 2 is 1.96 bits per heavy atom. The van der Waals surface area contributed by atoms with E-state index in [1.54, 1.807) is 6.92 Å². The molecule has 2 aromatic rings. The number of sulfonamides is 1. The van der Waals surface area contributed by atoms with Gasteiger partial charge in [0.1, 0.15) is 12.4 Å². The highest BCUT2D eigenvalue weighted by atomic mass is 32.2. The molecule has 0 aliphatic carbocycles. The molecule has 1 aromatic heterocycles. The number of nitrogens with zero attached hydrogens (tertiary/aromatic N) is 1. The van der Waals surface area contributed by atoms with E-state index in [9.17, 15) is 12.8 Å². The third kappa shape index (κ3) is 7.16. The molecular weight excluding hydrogens is 345 g/mol. The van der Waals surface area contributed by atoms with E-state index in [-0.39, 0.29) is 17.7 Å². The van der Waals surface area contributed by atoms with E-state index in [2.05, 4.69) is 15.0 Å². The largest absolute Gasteiger partial charge is 0.476 e. The van der Waals surface area contributed by atoms with Crippen LogP contribution < -0.4 is 14.8 Å². The Balaban J connectivity index is 1.72. The molecular formula is C17H22FN3O3S. The summed E-state index contributed by atoms with van der Waals surface area (Å²) in [6.07, 6.45) is 2.50. The van der Waals surface area contributed by atoms with Crippen LogP contribution in [0.25, 0.3) is 0 Å². The van der Waals surface area contributed by atoms with Crippen LogP contribution >= 0.6 is 0 Å². The zero-order valence-electron chi connectivity index (χ0n) is 14.2. The summed E-state index contributed by atoms with van der Waals surface area (Å²) in [5.74, 6) is -0.115. The van der Waals surface area contributed by atoms with Crippen LogP contribution in [0.3, 0.4) is 0 Å². The van der Waals surface area contributed by atoms with Gasteiger partial charge >= 0.3 is 0 Å². The van der Waals surface area contributed by atoms with E-state index in [1.165, 1.54) is 18.3 Å². The molecule has 1 atom stereocenters. The highest BCUT2D eigenvalue weighted by molar-refractivity contribution is 7.88. The Hall–Kier alpha value is -2.03. The Kier molecular flexibility index (Phi) is 6.86. The Morgan fingerprint density at radius 1 is 1.24 bits per heavy atom. The van der Waals surface area contributed by atoms with E-state index >= 15 is 0 Å². The van der Waals surface area contributed by atoms with Crippen molar-refractivity contribution in [2.45, 2.75) is 19.5 Å². The standard InChI is InChI=1S/C17H22FN3O3S/c1-13(21-25(2,22)23)15-5-3-14(4-6-15)12-19-9-10-24-17-11-16(18)7-8-20-17/h3-8,11,13,19,21H,9-10,12H2,1-2H3. The van der Waals surface area contributed by atoms with E-state index in [4.69, 9.17) is 4.74 Å². The maximum atomic E-state index is 13.0. The molecule has 136 valence electrons. The molecule has 0 radical (unpaired) electrons. The summed E-state index contributed by atoms with van der Waals surface area (Å²) >= 11 is 0. The predicted octanol–water partition coefficient (Wildman–Crippen LogP) is 2.00. The monoisotopic (exact) mass is 367 g/mol. The van der Waals surface area contributed by atoms with Crippen molar-refractivity contribution in [2.24, 2.45) is 0 Å². The van der Waals surface area contributed by atoms with Crippen molar-refractivity contribution in [2.75, 3.05) is 19.4 Å². The van der Waals surface area contributed by atoms with Crippen LogP contribution in [0.15, 0.2) is 42.6 Å². The van der Waals surface area contributed by atoms with Crippen molar-refractivity contribution in [3.05, 3.63) is 59.5 Å². The quantitative estimate of drug-likeness (QED) is 0.663. The van der Waals surface area contributed by atoms with Gasteiger partial charge < -0.3 is 10.1 Å². The molecule has 0 aliphatic rings. The van der Waals surface area contributed by atoms with E-state index in [0.717, 1.165) is 17.4 Å². The number of ether oxygens (including phenoxy) is 1. The molecule has 2 rings (SSSR count). The first-order valence-corrected chi connectivity index (χ1v) is 9.74. The van der Waals surface area contributed by atoms with Crippen molar-refractivity contribution in [3.63, 3.8) is 0 Å². The summed E-state index contributed by atoms with van der Waals surface area (Å²) in [4.78, 5) is 3.91. The second-order valence-corrected chi connectivity index (χ2v) is 7.47. The van der Waals surface area contributed by atoms with Crippen molar-refractivity contribution in [1.29, 1.82) is 0 Å². The molecule has 8 heteroatoms. The Bertz CT molecular complexity index is 782. The second kappa shape index (κ2) is 8.89. The van der Waals surface area contributed by atoms with Crippen molar-refractivity contribution in [1.82, 2.24) is 15.0 Å². The molecule has 0 bridgehead atoms. The first-order chi connectivity index (χ1) is 11.8. The lowest BCUT2D eigenvalue weighted by atomic mass is 10.1. The molecule has 25 heavy (non-hydrogen) atoms. The van der Waals surface area contributed by atoms with Crippen LogP contribution in [0, 0.1) is 5.82 Å². The summed E-state index contributed by atoms with van der Waals surface area (Å²) in [7, 11) is -3.23. The number of benzene rings is 1. The lowest BCUT2D eigenvalue weighted by molar-refractivity contribution is 0.300. The van der Waals surface area contributed by atoms with Gasteiger partial charge in [-0.3, -0.25) is 0 Å². The number of aromatic nitrogens is 1. The normalized spacial score (nSPS) is 12.8. The average Bonchev–Trinajstić information content (AvgIpc) is 2.53. The van der Waals surface area contributed by atoms with Gasteiger partial charge in [-0.15, -0.1) is 0 Å². The molecule has 6 nitrogen and oxygen atoms in total. The fourth-order valence-corrected chi connectivity index (χ4v) is 3.02. The first kappa shape index (κ1) is 19.3. The predicted molar refractivity (Wildman–Crippen MR) is 94.2 cm³/mol. The van der Waals surface area contributed by atoms with Gasteiger partial charge in [-0.2, -0.15) is 0 Å². The number of hydrogen-bond donors (Lipinski definition) is 2. The van der Waals surface area contributed by atoms with Crippen LogP contribution in [0.1, 0.15) is 24.1 Å². The SMILES string of the molecule is CC(NS(C)(=O)=O)c1ccc(CNCCOc2cc(F)ccn2)cc1. The summed E-state index contributed by atoms with van der Waals surface area (Å²) in [6, 6.07) is 9.91. The van der Waals surface area contributed by atoms with Gasteiger partial charge in [0.05, 0.1) is 6.26 Å². The third-order valence-corrected chi connectivity index (χ3v) is 4.21. The first-order valence-electron chi connectivity index (χ1n) is 7.85. The minimum Gasteiger partial charge on any atom is -0.476 e. The molecule has 1 unspecified atom stereocenters. The zero-order valence-corrected chi connectivity index (χ0v) is 15.0. The fourth-order valence-electron chi connectivity index (χ4n) is 2.24. The minimum atomic E-state index is -3.23. The minimum absolute atomic E-state index is 0.263. The molecule has 0 saturated heterocycles. The summed E-state index contributed by atoms with van der Waals surface area (Å²) in [6.45, 7) is 3.41. The smallest absolute Gasteiger partial charge is 0.216 e. The Morgan fingerprint density at radius 3 is 2.60 bits per heavy atom. The zero-order chi connectivity index (χ0) is 18.3. The van der Waals surface area contributed by atoms with E-state index < -0.39 is 10.0 Å². The van der Waals surface area contributed by atoms with Crippen molar-refractivity contribution >= 4 is 10.0 Å². The maximum Gasteiger partial charge on any atom is 0.216 e. The van der Waals surface area contributed by atoms with Gasteiger partial charge in [-0.1, -0.05) is 24.3 Å². The highest BCUT2D eigenvalue weighted by Gasteiger charge is 2.10. The highest BCUT2D eigenvalue weighted by Crippen LogP contribution is 2.14. The maximum absolute atomic E-state index is 13.0. The molecule has 2 N–H and O–H groups in total. The number of nitrogens with one attached hydrogen (secondary N) is 2. The Labute approximate surface area is 147 Å². The van der Waals surface area contributed by atoms with Crippen LogP contribution in [0.2, 0.25) is 0 Å². The fraction of sp³-hybridized carbons (Fsp3) is 0.353. The lowest BCUT2D eigenvalue weighted by Gasteiger charge is -2.13. The third-order valence-electron chi connectivity index (χ3n) is 3.43. The number of pyridine rings is 1. The van der Waals surface area contributed by atoms with Crippen molar-refractivity contribution in [3.8, 4) is 5.88 Å². The topological polar surface area (TPSA) is 80.3 Å². The second-order valence-electron chi connectivity index (χ2n) is 5.69. The van der Waals surface area contributed by atoms with Gasteiger partial charge in [-0.05, 0) is 24.1 Å². The van der Waals surface area contributed by atoms with Gasteiger partial charge in [-0.25, -0.2) is 22.5 Å². The molecule has 1 aromatic carbocycles. The van der Waals surface area contributed by atoms with Gasteiger partial charge in [0.2, 0.25) is 15.9 Å². The van der Waals surface area contributed by atoms with Gasteiger partial charge in [0.25, 0.3) is 0 Å². The lowest BCUT2D eigenvalue weighted by Crippen LogP contribution is -2.25. The van der Waals surface area contributed by atoms with Gasteiger partial charge in [0, 0.05) is 31.4 Å². The van der Waals surface area contributed by atoms with E-state index in [1.807, 2.05) is 24.3 Å². The molecule has 0 fully saturated rings. The summed E-state index contributed by atoms with van der Waals surface area (Å²) < 4.78 is 43.4. The molecule has 0 saturated carbocycles. The van der Waals surface area contributed by atoms with Gasteiger partial charge in [0.15, 0.2) is 0 Å². The van der Waals surface area contributed by atoms with Crippen LogP contribution in [-0.2, 0) is 16.6 Å². The molecule has 0 amide bonds. The van der Waals surface area contributed by atoms with E-state index in [0.29, 0.717) is 19.7 Å².